The van der Waals surface area contributed by atoms with Gasteiger partial charge in [0.1, 0.15) is 0 Å². The SMILES string of the molecule is CC1=CC(C(C)(C)C)C(=O)C(C)=C1. The average Bonchev–Trinajstić information content (AvgIpc) is 1.94. The van der Waals surface area contributed by atoms with Crippen molar-refractivity contribution in [3.05, 3.63) is 23.3 Å². The molecule has 72 valence electrons. The van der Waals surface area contributed by atoms with Crippen LogP contribution in [0.15, 0.2) is 23.3 Å². The summed E-state index contributed by atoms with van der Waals surface area (Å²) in [5.41, 5.74) is 2.13. The van der Waals surface area contributed by atoms with Crippen LogP contribution in [-0.4, -0.2) is 5.78 Å². The summed E-state index contributed by atoms with van der Waals surface area (Å²) in [5, 5.41) is 0. The van der Waals surface area contributed by atoms with Crippen LogP contribution in [0.5, 0.6) is 0 Å². The molecular weight excluding hydrogens is 160 g/mol. The first-order chi connectivity index (χ1) is 5.82. The molecule has 1 unspecified atom stereocenters. The summed E-state index contributed by atoms with van der Waals surface area (Å²) >= 11 is 0. The molecule has 1 aliphatic rings. The lowest BCUT2D eigenvalue weighted by atomic mass is 9.73. The predicted molar refractivity (Wildman–Crippen MR) is 55.5 cm³/mol. The molecule has 13 heavy (non-hydrogen) atoms. The lowest BCUT2D eigenvalue weighted by molar-refractivity contribution is -0.120. The third kappa shape index (κ3) is 2.09. The first-order valence-electron chi connectivity index (χ1n) is 4.73. The van der Waals surface area contributed by atoms with Gasteiger partial charge in [-0.1, -0.05) is 38.5 Å². The van der Waals surface area contributed by atoms with Gasteiger partial charge in [-0.3, -0.25) is 4.79 Å². The predicted octanol–water partition coefficient (Wildman–Crippen LogP) is 3.12. The van der Waals surface area contributed by atoms with E-state index in [2.05, 4.69) is 33.8 Å². The summed E-state index contributed by atoms with van der Waals surface area (Å²) < 4.78 is 0. The molecule has 0 radical (unpaired) electrons. The first kappa shape index (κ1) is 10.2. The minimum absolute atomic E-state index is 0.0356. The highest BCUT2D eigenvalue weighted by Gasteiger charge is 2.31. The second-order valence-corrected chi connectivity index (χ2v) is 4.95. The highest BCUT2D eigenvalue weighted by atomic mass is 16.1. The summed E-state index contributed by atoms with van der Waals surface area (Å²) in [6, 6.07) is 0. The topological polar surface area (TPSA) is 17.1 Å². The number of carbonyl (C=O) groups is 1. The molecule has 1 nitrogen and oxygen atoms in total. The quantitative estimate of drug-likeness (QED) is 0.557. The Bertz CT molecular complexity index is 287. The second-order valence-electron chi connectivity index (χ2n) is 4.95. The van der Waals surface area contributed by atoms with Crippen LogP contribution in [0.2, 0.25) is 0 Å². The van der Waals surface area contributed by atoms with Gasteiger partial charge in [-0.25, -0.2) is 0 Å². The van der Waals surface area contributed by atoms with Gasteiger partial charge in [-0.15, -0.1) is 0 Å². The zero-order valence-corrected chi connectivity index (χ0v) is 9.14. The molecule has 0 spiro atoms. The lowest BCUT2D eigenvalue weighted by Gasteiger charge is -2.29. The van der Waals surface area contributed by atoms with Gasteiger partial charge in [0.25, 0.3) is 0 Å². The Morgan fingerprint density at radius 2 is 1.77 bits per heavy atom. The molecule has 0 aromatic heterocycles. The van der Waals surface area contributed by atoms with E-state index in [4.69, 9.17) is 0 Å². The maximum atomic E-state index is 11.8. The van der Waals surface area contributed by atoms with Gasteiger partial charge < -0.3 is 0 Å². The summed E-state index contributed by atoms with van der Waals surface area (Å²) in [5.74, 6) is 0.329. The smallest absolute Gasteiger partial charge is 0.165 e. The maximum absolute atomic E-state index is 11.8. The lowest BCUT2D eigenvalue weighted by Crippen LogP contribution is -2.29. The molecule has 0 N–H and O–H groups in total. The number of Topliss-reactive ketones (excluding diaryl/α,β-unsaturated/α-hetero) is 1. The maximum Gasteiger partial charge on any atom is 0.165 e. The van der Waals surface area contributed by atoms with Gasteiger partial charge in [0.05, 0.1) is 0 Å². The molecule has 1 aliphatic carbocycles. The molecule has 0 saturated heterocycles. The fourth-order valence-electron chi connectivity index (χ4n) is 1.69. The fraction of sp³-hybridized carbons (Fsp3) is 0.583. The normalized spacial score (nSPS) is 24.1. The van der Waals surface area contributed by atoms with Crippen molar-refractivity contribution in [2.75, 3.05) is 0 Å². The van der Waals surface area contributed by atoms with Crippen LogP contribution in [0.1, 0.15) is 34.6 Å². The molecule has 0 fully saturated rings. The number of hydrogen-bond donors (Lipinski definition) is 0. The number of rotatable bonds is 0. The molecule has 0 aromatic carbocycles. The van der Waals surface area contributed by atoms with Crippen molar-refractivity contribution in [2.45, 2.75) is 34.6 Å². The molecule has 0 aromatic rings. The Kier molecular flexibility index (Phi) is 2.47. The second kappa shape index (κ2) is 3.13. The minimum atomic E-state index is 0.0356. The van der Waals surface area contributed by atoms with Crippen molar-refractivity contribution in [1.82, 2.24) is 0 Å². The first-order valence-corrected chi connectivity index (χ1v) is 4.73. The van der Waals surface area contributed by atoms with Crippen molar-refractivity contribution in [2.24, 2.45) is 11.3 Å². The van der Waals surface area contributed by atoms with E-state index in [0.29, 0.717) is 0 Å². The Morgan fingerprint density at radius 3 is 2.23 bits per heavy atom. The third-order valence-electron chi connectivity index (χ3n) is 2.48. The van der Waals surface area contributed by atoms with E-state index in [9.17, 15) is 4.79 Å². The number of allylic oxidation sites excluding steroid dienone is 4. The Hall–Kier alpha value is -0.850. The highest BCUT2D eigenvalue weighted by molar-refractivity contribution is 5.99. The molecule has 0 saturated carbocycles. The largest absolute Gasteiger partial charge is 0.294 e. The molecular formula is C12H18O. The minimum Gasteiger partial charge on any atom is -0.294 e. The van der Waals surface area contributed by atoms with Crippen LogP contribution in [0.4, 0.5) is 0 Å². The van der Waals surface area contributed by atoms with Crippen LogP contribution in [0.3, 0.4) is 0 Å². The molecule has 0 bridgehead atoms. The van der Waals surface area contributed by atoms with Crippen molar-refractivity contribution in [3.8, 4) is 0 Å². The van der Waals surface area contributed by atoms with E-state index in [1.54, 1.807) is 0 Å². The van der Waals surface area contributed by atoms with Gasteiger partial charge in [0.15, 0.2) is 5.78 Å². The molecule has 0 heterocycles. The molecule has 0 aliphatic heterocycles. The van der Waals surface area contributed by atoms with Crippen molar-refractivity contribution >= 4 is 5.78 Å². The van der Waals surface area contributed by atoms with Crippen LogP contribution in [-0.2, 0) is 4.79 Å². The van der Waals surface area contributed by atoms with Crippen LogP contribution in [0.25, 0.3) is 0 Å². The van der Waals surface area contributed by atoms with Gasteiger partial charge in [-0.2, -0.15) is 0 Å². The van der Waals surface area contributed by atoms with E-state index in [1.807, 2.05) is 13.0 Å². The van der Waals surface area contributed by atoms with Crippen LogP contribution >= 0.6 is 0 Å². The van der Waals surface area contributed by atoms with Gasteiger partial charge >= 0.3 is 0 Å². The summed E-state index contributed by atoms with van der Waals surface area (Å²) in [6.07, 6.45) is 4.04. The number of hydrogen-bond acceptors (Lipinski definition) is 1. The molecule has 0 amide bonds. The van der Waals surface area contributed by atoms with Gasteiger partial charge in [0.2, 0.25) is 0 Å². The summed E-state index contributed by atoms with van der Waals surface area (Å²) in [6.45, 7) is 10.3. The van der Waals surface area contributed by atoms with Gasteiger partial charge in [-0.05, 0) is 24.8 Å². The Balaban J connectivity index is 3.04. The fourth-order valence-corrected chi connectivity index (χ4v) is 1.69. The zero-order valence-electron chi connectivity index (χ0n) is 9.14. The summed E-state index contributed by atoms with van der Waals surface area (Å²) in [4.78, 5) is 11.8. The monoisotopic (exact) mass is 178 g/mol. The Labute approximate surface area is 80.5 Å². The van der Waals surface area contributed by atoms with Crippen LogP contribution < -0.4 is 0 Å². The molecule has 1 atom stereocenters. The van der Waals surface area contributed by atoms with E-state index in [-0.39, 0.29) is 17.1 Å². The van der Waals surface area contributed by atoms with E-state index in [0.717, 1.165) is 5.57 Å². The van der Waals surface area contributed by atoms with E-state index < -0.39 is 0 Å². The van der Waals surface area contributed by atoms with E-state index >= 15 is 0 Å². The summed E-state index contributed by atoms with van der Waals surface area (Å²) in [7, 11) is 0. The van der Waals surface area contributed by atoms with Gasteiger partial charge in [0, 0.05) is 5.92 Å². The number of ketones is 1. The average molecular weight is 178 g/mol. The van der Waals surface area contributed by atoms with Crippen molar-refractivity contribution in [1.29, 1.82) is 0 Å². The molecule has 1 rings (SSSR count). The molecule has 1 heteroatoms. The number of carbonyl (C=O) groups excluding carboxylic acids is 1. The van der Waals surface area contributed by atoms with Crippen molar-refractivity contribution in [3.63, 3.8) is 0 Å². The van der Waals surface area contributed by atoms with Crippen LogP contribution in [0, 0.1) is 11.3 Å². The third-order valence-corrected chi connectivity index (χ3v) is 2.48. The standard InChI is InChI=1S/C12H18O/c1-8-6-9(2)11(13)10(7-8)12(3,4)5/h6-7,10H,1-5H3. The highest BCUT2D eigenvalue weighted by Crippen LogP contribution is 2.33. The Morgan fingerprint density at radius 1 is 1.23 bits per heavy atom. The zero-order chi connectivity index (χ0) is 10.2. The van der Waals surface area contributed by atoms with E-state index in [1.165, 1.54) is 5.57 Å². The van der Waals surface area contributed by atoms with Crippen molar-refractivity contribution < 1.29 is 4.79 Å².